The zero-order chi connectivity index (χ0) is 18.0. The van der Waals surface area contributed by atoms with Crippen molar-refractivity contribution in [2.24, 2.45) is 0 Å². The number of rotatable bonds is 5. The van der Waals surface area contributed by atoms with Crippen molar-refractivity contribution < 1.29 is 9.18 Å². The summed E-state index contributed by atoms with van der Waals surface area (Å²) in [6.07, 6.45) is 3.26. The molecule has 0 saturated carbocycles. The van der Waals surface area contributed by atoms with E-state index in [-0.39, 0.29) is 17.7 Å². The average Bonchev–Trinajstić information content (AvgIpc) is 3.15. The summed E-state index contributed by atoms with van der Waals surface area (Å²) in [4.78, 5) is 16.4. The van der Waals surface area contributed by atoms with Gasteiger partial charge in [0.1, 0.15) is 18.2 Å². The van der Waals surface area contributed by atoms with E-state index in [0.717, 1.165) is 15.7 Å². The van der Waals surface area contributed by atoms with Crippen LogP contribution in [0.4, 0.5) is 10.3 Å². The van der Waals surface area contributed by atoms with Gasteiger partial charge in [0.15, 0.2) is 0 Å². The van der Waals surface area contributed by atoms with Crippen LogP contribution in [0.25, 0.3) is 0 Å². The van der Waals surface area contributed by atoms with Gasteiger partial charge in [-0.3, -0.25) is 14.8 Å². The van der Waals surface area contributed by atoms with Crippen LogP contribution >= 0.6 is 15.9 Å². The first-order valence-corrected chi connectivity index (χ1v) is 8.37. The van der Waals surface area contributed by atoms with Crippen molar-refractivity contribution in [1.82, 2.24) is 24.5 Å². The Hall–Kier alpha value is -2.55. The van der Waals surface area contributed by atoms with E-state index in [1.807, 2.05) is 6.92 Å². The lowest BCUT2D eigenvalue weighted by Crippen LogP contribution is -2.24. The molecule has 2 heterocycles. The molecule has 1 atom stereocenters. The lowest BCUT2D eigenvalue weighted by molar-refractivity contribution is -0.119. The first-order valence-electron chi connectivity index (χ1n) is 7.58. The quantitative estimate of drug-likeness (QED) is 0.706. The van der Waals surface area contributed by atoms with Crippen molar-refractivity contribution in [3.8, 4) is 0 Å². The number of hydrogen-bond donors (Lipinski definition) is 1. The third-order valence-corrected chi connectivity index (χ3v) is 4.44. The number of amides is 1. The zero-order valence-corrected chi connectivity index (χ0v) is 15.2. The molecule has 1 amide bonds. The Morgan fingerprint density at radius 2 is 2.04 bits per heavy atom. The van der Waals surface area contributed by atoms with Crippen molar-refractivity contribution >= 4 is 27.8 Å². The first kappa shape index (κ1) is 17.3. The van der Waals surface area contributed by atoms with E-state index in [9.17, 15) is 9.18 Å². The van der Waals surface area contributed by atoms with Crippen LogP contribution in [0.15, 0.2) is 41.3 Å². The molecule has 0 aliphatic heterocycles. The van der Waals surface area contributed by atoms with E-state index in [0.29, 0.717) is 6.54 Å². The van der Waals surface area contributed by atoms with Gasteiger partial charge >= 0.3 is 0 Å². The predicted octanol–water partition coefficient (Wildman–Crippen LogP) is 2.93. The van der Waals surface area contributed by atoms with E-state index in [1.165, 1.54) is 18.5 Å². The standard InChI is InChI=1S/C16H16BrFN6O/c1-10-14(17)8-24(21-10)11(2)15(25)20-16-19-9-23(22-16)7-12-3-5-13(18)6-4-12/h3-6,8-9,11H,7H2,1-2H3,(H,20,22,25)/t11-/m1/s1. The highest BCUT2D eigenvalue weighted by molar-refractivity contribution is 9.10. The van der Waals surface area contributed by atoms with Gasteiger partial charge in [-0.2, -0.15) is 5.10 Å². The number of halogens is 2. The van der Waals surface area contributed by atoms with E-state index >= 15 is 0 Å². The Morgan fingerprint density at radius 3 is 2.68 bits per heavy atom. The number of aryl methyl sites for hydroxylation is 1. The molecule has 0 radical (unpaired) electrons. The maximum Gasteiger partial charge on any atom is 0.251 e. The van der Waals surface area contributed by atoms with Gasteiger partial charge in [0, 0.05) is 6.20 Å². The predicted molar refractivity (Wildman–Crippen MR) is 93.5 cm³/mol. The maximum absolute atomic E-state index is 12.9. The number of carbonyl (C=O) groups is 1. The number of benzene rings is 1. The monoisotopic (exact) mass is 406 g/mol. The van der Waals surface area contributed by atoms with Crippen LogP contribution in [-0.2, 0) is 11.3 Å². The van der Waals surface area contributed by atoms with Gasteiger partial charge in [0.25, 0.3) is 5.91 Å². The molecule has 1 N–H and O–H groups in total. The second-order valence-electron chi connectivity index (χ2n) is 5.60. The van der Waals surface area contributed by atoms with Gasteiger partial charge in [0.05, 0.1) is 16.7 Å². The molecule has 7 nitrogen and oxygen atoms in total. The van der Waals surface area contributed by atoms with Crippen molar-refractivity contribution in [2.45, 2.75) is 26.4 Å². The molecule has 1 aromatic carbocycles. The summed E-state index contributed by atoms with van der Waals surface area (Å²) in [5.41, 5.74) is 1.69. The summed E-state index contributed by atoms with van der Waals surface area (Å²) < 4.78 is 16.9. The van der Waals surface area contributed by atoms with Gasteiger partial charge in [-0.25, -0.2) is 14.1 Å². The summed E-state index contributed by atoms with van der Waals surface area (Å²) >= 11 is 3.37. The minimum Gasteiger partial charge on any atom is -0.291 e. The molecular formula is C16H16BrFN6O. The van der Waals surface area contributed by atoms with Gasteiger partial charge in [-0.1, -0.05) is 12.1 Å². The van der Waals surface area contributed by atoms with E-state index < -0.39 is 6.04 Å². The molecular weight excluding hydrogens is 391 g/mol. The minimum absolute atomic E-state index is 0.210. The van der Waals surface area contributed by atoms with Crippen molar-refractivity contribution in [3.05, 3.63) is 58.3 Å². The fourth-order valence-corrected chi connectivity index (χ4v) is 2.49. The lowest BCUT2D eigenvalue weighted by atomic mass is 10.2. The number of nitrogens with zero attached hydrogens (tertiary/aromatic N) is 5. The molecule has 3 aromatic rings. The molecule has 9 heteroatoms. The highest BCUT2D eigenvalue weighted by Crippen LogP contribution is 2.17. The van der Waals surface area contributed by atoms with Crippen LogP contribution < -0.4 is 5.32 Å². The zero-order valence-electron chi connectivity index (χ0n) is 13.6. The van der Waals surface area contributed by atoms with Crippen molar-refractivity contribution in [2.75, 3.05) is 5.32 Å². The Morgan fingerprint density at radius 1 is 1.32 bits per heavy atom. The number of carbonyl (C=O) groups excluding carboxylic acids is 1. The second kappa shape index (κ2) is 7.14. The Labute approximate surface area is 152 Å². The molecule has 0 aliphatic carbocycles. The summed E-state index contributed by atoms with van der Waals surface area (Å²) in [7, 11) is 0. The van der Waals surface area contributed by atoms with Gasteiger partial charge in [-0.05, 0) is 47.5 Å². The summed E-state index contributed by atoms with van der Waals surface area (Å²) in [6.45, 7) is 4.03. The third-order valence-electron chi connectivity index (χ3n) is 3.66. The molecule has 0 aliphatic rings. The summed E-state index contributed by atoms with van der Waals surface area (Å²) in [5.74, 6) is -0.346. The van der Waals surface area contributed by atoms with Crippen LogP contribution in [0, 0.1) is 12.7 Å². The van der Waals surface area contributed by atoms with Gasteiger partial charge in [-0.15, -0.1) is 5.10 Å². The smallest absolute Gasteiger partial charge is 0.251 e. The molecule has 0 fully saturated rings. The molecule has 0 unspecified atom stereocenters. The summed E-state index contributed by atoms with van der Waals surface area (Å²) in [6, 6.07) is 5.63. The Balaban J connectivity index is 1.64. The molecule has 0 saturated heterocycles. The van der Waals surface area contributed by atoms with Crippen molar-refractivity contribution in [1.29, 1.82) is 0 Å². The third kappa shape index (κ3) is 4.11. The molecule has 0 bridgehead atoms. The number of aromatic nitrogens is 5. The van der Waals surface area contributed by atoms with Gasteiger partial charge < -0.3 is 0 Å². The second-order valence-corrected chi connectivity index (χ2v) is 6.45. The van der Waals surface area contributed by atoms with E-state index in [1.54, 1.807) is 34.6 Å². The normalized spacial score (nSPS) is 12.2. The molecule has 0 spiro atoms. The van der Waals surface area contributed by atoms with Crippen LogP contribution in [0.2, 0.25) is 0 Å². The number of anilines is 1. The summed E-state index contributed by atoms with van der Waals surface area (Å²) in [5, 5.41) is 11.1. The molecule has 25 heavy (non-hydrogen) atoms. The fourth-order valence-electron chi connectivity index (χ4n) is 2.20. The fraction of sp³-hybridized carbons (Fsp3) is 0.250. The number of nitrogens with one attached hydrogen (secondary N) is 1. The first-order chi connectivity index (χ1) is 11.9. The lowest BCUT2D eigenvalue weighted by Gasteiger charge is -2.10. The van der Waals surface area contributed by atoms with Crippen LogP contribution in [-0.4, -0.2) is 30.5 Å². The molecule has 3 rings (SSSR count). The van der Waals surface area contributed by atoms with Crippen LogP contribution in [0.5, 0.6) is 0 Å². The Kier molecular flexibility index (Phi) is 4.93. The highest BCUT2D eigenvalue weighted by atomic mass is 79.9. The maximum atomic E-state index is 12.9. The van der Waals surface area contributed by atoms with Gasteiger partial charge in [0.2, 0.25) is 5.95 Å². The van der Waals surface area contributed by atoms with Crippen LogP contribution in [0.1, 0.15) is 24.2 Å². The molecule has 2 aromatic heterocycles. The SMILES string of the molecule is Cc1nn([C@H](C)C(=O)Nc2ncn(Cc3ccc(F)cc3)n2)cc1Br. The van der Waals surface area contributed by atoms with E-state index in [4.69, 9.17) is 0 Å². The molecule has 130 valence electrons. The largest absolute Gasteiger partial charge is 0.291 e. The topological polar surface area (TPSA) is 77.6 Å². The minimum atomic E-state index is -0.506. The van der Waals surface area contributed by atoms with Crippen molar-refractivity contribution in [3.63, 3.8) is 0 Å². The van der Waals surface area contributed by atoms with Crippen LogP contribution in [0.3, 0.4) is 0 Å². The van der Waals surface area contributed by atoms with E-state index in [2.05, 4.69) is 36.4 Å². The average molecular weight is 407 g/mol. The number of hydrogen-bond acceptors (Lipinski definition) is 4. The Bertz CT molecular complexity index is 869. The highest BCUT2D eigenvalue weighted by Gasteiger charge is 2.18.